The van der Waals surface area contributed by atoms with Gasteiger partial charge in [0.1, 0.15) is 4.88 Å². The van der Waals surface area contributed by atoms with Crippen LogP contribution in [0, 0.1) is 12.8 Å². The number of nitrogens with zero attached hydrogens (tertiary/aromatic N) is 1. The molecule has 1 N–H and O–H groups in total. The molecular weight excluding hydrogens is 258 g/mol. The first kappa shape index (κ1) is 12.1. The Bertz CT molecular complexity index is 662. The lowest BCUT2D eigenvalue weighted by atomic mass is 9.85. The van der Waals surface area contributed by atoms with E-state index in [1.165, 1.54) is 16.9 Å². The third kappa shape index (κ3) is 2.19. The second kappa shape index (κ2) is 4.63. The molecule has 96 valence electrons. The molecule has 1 atom stereocenters. The van der Waals surface area contributed by atoms with Gasteiger partial charge < -0.3 is 5.11 Å². The molecule has 0 radical (unpaired) electrons. The van der Waals surface area contributed by atoms with Crippen molar-refractivity contribution in [1.29, 1.82) is 0 Å². The smallest absolute Gasteiger partial charge is 0.348 e. The molecule has 0 fully saturated rings. The zero-order valence-corrected chi connectivity index (χ0v) is 11.3. The van der Waals surface area contributed by atoms with Gasteiger partial charge in [0.15, 0.2) is 0 Å². The topological polar surface area (TPSA) is 50.2 Å². The van der Waals surface area contributed by atoms with E-state index < -0.39 is 5.97 Å². The summed E-state index contributed by atoms with van der Waals surface area (Å²) in [6.45, 7) is 1.84. The van der Waals surface area contributed by atoms with E-state index in [1.54, 1.807) is 0 Å². The Hall–Kier alpha value is -1.94. The van der Waals surface area contributed by atoms with Crippen LogP contribution in [0.15, 0.2) is 42.0 Å². The highest BCUT2D eigenvalue weighted by Crippen LogP contribution is 2.34. The van der Waals surface area contributed by atoms with Crippen molar-refractivity contribution in [3.8, 4) is 0 Å². The molecule has 0 aromatic carbocycles. The number of allylic oxidation sites excluding steroid dienone is 8. The number of fused-ring (bicyclic) bond motifs is 1. The van der Waals surface area contributed by atoms with Gasteiger partial charge >= 0.3 is 5.97 Å². The highest BCUT2D eigenvalue weighted by molar-refractivity contribution is 7.13. The number of aryl methyl sites for hydroxylation is 1. The fourth-order valence-electron chi connectivity index (χ4n) is 2.39. The van der Waals surface area contributed by atoms with E-state index in [2.05, 4.69) is 35.4 Å². The average Bonchev–Trinajstić information content (AvgIpc) is 2.80. The van der Waals surface area contributed by atoms with Gasteiger partial charge in [-0.1, -0.05) is 36.5 Å². The minimum atomic E-state index is -0.903. The largest absolute Gasteiger partial charge is 0.477 e. The molecule has 0 saturated heterocycles. The number of hydrogen-bond acceptors (Lipinski definition) is 3. The molecule has 3 nitrogen and oxygen atoms in total. The summed E-state index contributed by atoms with van der Waals surface area (Å²) < 4.78 is 0. The molecule has 1 unspecified atom stereocenters. The predicted octanol–water partition coefficient (Wildman–Crippen LogP) is 3.61. The molecule has 19 heavy (non-hydrogen) atoms. The van der Waals surface area contributed by atoms with Gasteiger partial charge in [0.25, 0.3) is 0 Å². The first-order valence-corrected chi connectivity index (χ1v) is 6.94. The van der Waals surface area contributed by atoms with Crippen LogP contribution in [0.25, 0.3) is 5.57 Å². The van der Waals surface area contributed by atoms with Crippen molar-refractivity contribution in [3.05, 3.63) is 57.6 Å². The van der Waals surface area contributed by atoms with Crippen LogP contribution in [0.4, 0.5) is 0 Å². The van der Waals surface area contributed by atoms with Gasteiger partial charge in [0.05, 0.1) is 10.7 Å². The van der Waals surface area contributed by atoms with E-state index in [0.717, 1.165) is 17.0 Å². The maximum atomic E-state index is 11.3. The number of aromatic carboxylic acids is 1. The lowest BCUT2D eigenvalue weighted by Gasteiger charge is -2.20. The standard InChI is InChI=1S/C15H13NO2S/c1-9-16-13(14(19-9)15(17)18)12-7-6-10-4-2-3-5-11(10)8-12/h2-4,6-8,11H,5H2,1H3,(H,17,18). The summed E-state index contributed by atoms with van der Waals surface area (Å²) in [4.78, 5) is 16.0. The average molecular weight is 271 g/mol. The van der Waals surface area contributed by atoms with Gasteiger partial charge in [-0.15, -0.1) is 11.3 Å². The Kier molecular flexibility index (Phi) is 2.95. The molecule has 0 spiro atoms. The third-order valence-corrected chi connectivity index (χ3v) is 4.24. The highest BCUT2D eigenvalue weighted by Gasteiger charge is 2.22. The van der Waals surface area contributed by atoms with Gasteiger partial charge in [-0.2, -0.15) is 0 Å². The van der Waals surface area contributed by atoms with E-state index in [9.17, 15) is 9.90 Å². The summed E-state index contributed by atoms with van der Waals surface area (Å²) in [5, 5.41) is 10.0. The van der Waals surface area contributed by atoms with Crippen LogP contribution in [-0.2, 0) is 0 Å². The zero-order chi connectivity index (χ0) is 13.4. The number of thiazole rings is 1. The van der Waals surface area contributed by atoms with Gasteiger partial charge in [-0.3, -0.25) is 0 Å². The molecule has 0 amide bonds. The van der Waals surface area contributed by atoms with Crippen LogP contribution in [0.1, 0.15) is 26.8 Å². The van der Waals surface area contributed by atoms with Crippen molar-refractivity contribution in [2.45, 2.75) is 13.3 Å². The van der Waals surface area contributed by atoms with Crippen molar-refractivity contribution in [2.75, 3.05) is 0 Å². The fraction of sp³-hybridized carbons (Fsp3) is 0.200. The zero-order valence-electron chi connectivity index (χ0n) is 10.5. The number of hydrogen-bond donors (Lipinski definition) is 1. The van der Waals surface area contributed by atoms with Crippen molar-refractivity contribution in [3.63, 3.8) is 0 Å². The quantitative estimate of drug-likeness (QED) is 0.894. The number of rotatable bonds is 2. The van der Waals surface area contributed by atoms with Crippen LogP contribution in [0.2, 0.25) is 0 Å². The molecule has 1 aromatic rings. The molecule has 0 saturated carbocycles. The number of carboxylic acids is 1. The number of carboxylic acid groups (broad SMARTS) is 1. The molecule has 2 aliphatic carbocycles. The van der Waals surface area contributed by atoms with E-state index in [1.807, 2.05) is 13.0 Å². The van der Waals surface area contributed by atoms with Gasteiger partial charge in [-0.25, -0.2) is 9.78 Å². The molecule has 1 aromatic heterocycles. The SMILES string of the molecule is Cc1nc(C2=CC3CC=CC=C3C=C2)c(C(=O)O)s1. The number of aromatic nitrogens is 1. The molecular formula is C15H13NO2S. The molecule has 4 heteroatoms. The summed E-state index contributed by atoms with van der Waals surface area (Å²) in [5.41, 5.74) is 2.79. The van der Waals surface area contributed by atoms with Crippen LogP contribution in [-0.4, -0.2) is 16.1 Å². The summed E-state index contributed by atoms with van der Waals surface area (Å²) in [5.74, 6) is -0.562. The van der Waals surface area contributed by atoms with Gasteiger partial charge in [-0.05, 0) is 24.5 Å². The normalized spacial score (nSPS) is 20.8. The van der Waals surface area contributed by atoms with Gasteiger partial charge in [0, 0.05) is 5.92 Å². The third-order valence-electron chi connectivity index (χ3n) is 3.28. The molecule has 2 aliphatic rings. The summed E-state index contributed by atoms with van der Waals surface area (Å²) >= 11 is 1.23. The fourth-order valence-corrected chi connectivity index (χ4v) is 3.17. The van der Waals surface area contributed by atoms with Crippen LogP contribution in [0.3, 0.4) is 0 Å². The lowest BCUT2D eigenvalue weighted by molar-refractivity contribution is 0.0701. The number of carbonyl (C=O) groups is 1. The Balaban J connectivity index is 2.02. The van der Waals surface area contributed by atoms with E-state index in [-0.39, 0.29) is 0 Å². The predicted molar refractivity (Wildman–Crippen MR) is 76.3 cm³/mol. The summed E-state index contributed by atoms with van der Waals surface area (Å²) in [6, 6.07) is 0. The maximum absolute atomic E-state index is 11.3. The minimum absolute atomic E-state index is 0.326. The van der Waals surface area contributed by atoms with E-state index >= 15 is 0 Å². The first-order chi connectivity index (χ1) is 9.15. The van der Waals surface area contributed by atoms with Gasteiger partial charge in [0.2, 0.25) is 0 Å². The molecule has 0 aliphatic heterocycles. The van der Waals surface area contributed by atoms with Crippen LogP contribution >= 0.6 is 11.3 Å². The monoisotopic (exact) mass is 271 g/mol. The first-order valence-electron chi connectivity index (χ1n) is 6.13. The Morgan fingerprint density at radius 3 is 3.11 bits per heavy atom. The van der Waals surface area contributed by atoms with Crippen LogP contribution < -0.4 is 0 Å². The maximum Gasteiger partial charge on any atom is 0.348 e. The molecule has 0 bridgehead atoms. The van der Waals surface area contributed by atoms with Crippen LogP contribution in [0.5, 0.6) is 0 Å². The van der Waals surface area contributed by atoms with Crippen molar-refractivity contribution in [2.24, 2.45) is 5.92 Å². The Morgan fingerprint density at radius 2 is 2.32 bits per heavy atom. The summed E-state index contributed by atoms with van der Waals surface area (Å²) in [7, 11) is 0. The Morgan fingerprint density at radius 1 is 1.47 bits per heavy atom. The lowest BCUT2D eigenvalue weighted by Crippen LogP contribution is -2.07. The Labute approximate surface area is 115 Å². The van der Waals surface area contributed by atoms with Crippen molar-refractivity contribution >= 4 is 22.9 Å². The van der Waals surface area contributed by atoms with E-state index in [4.69, 9.17) is 0 Å². The molecule has 1 heterocycles. The van der Waals surface area contributed by atoms with E-state index in [0.29, 0.717) is 16.5 Å². The second-order valence-corrected chi connectivity index (χ2v) is 5.81. The molecule has 3 rings (SSSR count). The van der Waals surface area contributed by atoms with Crippen molar-refractivity contribution < 1.29 is 9.90 Å². The minimum Gasteiger partial charge on any atom is -0.477 e. The highest BCUT2D eigenvalue weighted by atomic mass is 32.1. The second-order valence-electron chi connectivity index (χ2n) is 4.61. The summed E-state index contributed by atoms with van der Waals surface area (Å²) in [6.07, 6.45) is 13.4. The van der Waals surface area contributed by atoms with Crippen molar-refractivity contribution in [1.82, 2.24) is 4.98 Å².